The van der Waals surface area contributed by atoms with E-state index in [-0.39, 0.29) is 6.10 Å². The fraction of sp³-hybridized carbons (Fsp3) is 0.364. The van der Waals surface area contributed by atoms with E-state index in [2.05, 4.69) is 0 Å². The van der Waals surface area contributed by atoms with Gasteiger partial charge in [-0.2, -0.15) is 0 Å². The second-order valence-electron chi connectivity index (χ2n) is 3.57. The first-order valence-electron chi connectivity index (χ1n) is 4.54. The molecule has 0 spiro atoms. The van der Waals surface area contributed by atoms with Crippen molar-refractivity contribution in [1.29, 1.82) is 0 Å². The normalized spacial score (nSPS) is 18.2. The van der Waals surface area contributed by atoms with Gasteiger partial charge >= 0.3 is 0 Å². The van der Waals surface area contributed by atoms with Gasteiger partial charge in [-0.1, -0.05) is 24.3 Å². The third kappa shape index (κ3) is 1.78. The molecule has 2 nitrogen and oxygen atoms in total. The van der Waals surface area contributed by atoms with E-state index in [0.29, 0.717) is 11.5 Å². The number of aliphatic hydroxyl groups excluding tert-OH is 1. The van der Waals surface area contributed by atoms with Crippen LogP contribution in [0.1, 0.15) is 34.9 Å². The molecular weight excluding hydrogens is 164 g/mol. The predicted molar refractivity (Wildman–Crippen MR) is 49.5 cm³/mol. The molecular formula is C11H12O2. The van der Waals surface area contributed by atoms with E-state index < -0.39 is 0 Å². The summed E-state index contributed by atoms with van der Waals surface area (Å²) in [4.78, 5) is 10.4. The Kier molecular flexibility index (Phi) is 2.15. The van der Waals surface area contributed by atoms with Crippen LogP contribution in [0, 0.1) is 5.92 Å². The highest BCUT2D eigenvalue weighted by Crippen LogP contribution is 2.40. The summed E-state index contributed by atoms with van der Waals surface area (Å²) >= 11 is 0. The van der Waals surface area contributed by atoms with Crippen molar-refractivity contribution in [2.24, 2.45) is 5.92 Å². The van der Waals surface area contributed by atoms with Crippen LogP contribution < -0.4 is 0 Å². The van der Waals surface area contributed by atoms with Gasteiger partial charge in [-0.05, 0) is 24.3 Å². The first-order valence-corrected chi connectivity index (χ1v) is 4.54. The van der Waals surface area contributed by atoms with Crippen LogP contribution in [0.15, 0.2) is 24.3 Å². The Morgan fingerprint density at radius 2 is 1.92 bits per heavy atom. The van der Waals surface area contributed by atoms with Gasteiger partial charge in [0.1, 0.15) is 6.29 Å². The number of benzene rings is 1. The quantitative estimate of drug-likeness (QED) is 0.714. The molecule has 2 heteroatoms. The summed E-state index contributed by atoms with van der Waals surface area (Å²) in [5.41, 5.74) is 1.58. The smallest absolute Gasteiger partial charge is 0.150 e. The van der Waals surface area contributed by atoms with Crippen LogP contribution in [0.2, 0.25) is 0 Å². The second-order valence-corrected chi connectivity index (χ2v) is 3.57. The number of rotatable bonds is 3. The lowest BCUT2D eigenvalue weighted by Crippen LogP contribution is -1.99. The van der Waals surface area contributed by atoms with E-state index in [1.165, 1.54) is 0 Å². The third-order valence-electron chi connectivity index (χ3n) is 2.48. The first kappa shape index (κ1) is 8.45. The average molecular weight is 176 g/mol. The number of hydrogen-bond acceptors (Lipinski definition) is 2. The summed E-state index contributed by atoms with van der Waals surface area (Å²) in [5.74, 6) is 0.446. The van der Waals surface area contributed by atoms with Crippen molar-refractivity contribution in [2.45, 2.75) is 18.9 Å². The zero-order valence-corrected chi connectivity index (χ0v) is 7.31. The van der Waals surface area contributed by atoms with E-state index >= 15 is 0 Å². The molecule has 1 aliphatic carbocycles. The van der Waals surface area contributed by atoms with Crippen LogP contribution in [0.25, 0.3) is 0 Å². The molecule has 1 N–H and O–H groups in total. The van der Waals surface area contributed by atoms with Gasteiger partial charge in [-0.15, -0.1) is 0 Å². The Morgan fingerprint density at radius 3 is 2.38 bits per heavy atom. The van der Waals surface area contributed by atoms with E-state index in [4.69, 9.17) is 0 Å². The van der Waals surface area contributed by atoms with Gasteiger partial charge < -0.3 is 5.11 Å². The zero-order chi connectivity index (χ0) is 9.26. The van der Waals surface area contributed by atoms with Gasteiger partial charge in [0.05, 0.1) is 6.10 Å². The number of aldehydes is 1. The first-order chi connectivity index (χ1) is 6.31. The van der Waals surface area contributed by atoms with Crippen molar-refractivity contribution >= 4 is 6.29 Å². The van der Waals surface area contributed by atoms with Crippen LogP contribution in [0.4, 0.5) is 0 Å². The summed E-state index contributed by atoms with van der Waals surface area (Å²) in [6.45, 7) is 0. The van der Waals surface area contributed by atoms with Crippen LogP contribution in [0.5, 0.6) is 0 Å². The van der Waals surface area contributed by atoms with E-state index in [1.54, 1.807) is 12.1 Å². The molecule has 1 aromatic carbocycles. The fourth-order valence-electron chi connectivity index (χ4n) is 1.46. The number of carbonyl (C=O) groups excluding carboxylic acids is 1. The molecule has 1 aromatic rings. The minimum Gasteiger partial charge on any atom is -0.388 e. The standard InChI is InChI=1S/C11H12O2/c12-7-8-1-3-9(4-2-8)11(13)10-5-6-10/h1-4,7,10-11,13H,5-6H2. The Balaban J connectivity index is 2.16. The Morgan fingerprint density at radius 1 is 1.31 bits per heavy atom. The number of hydrogen-bond donors (Lipinski definition) is 1. The predicted octanol–water partition coefficient (Wildman–Crippen LogP) is 1.94. The molecule has 0 saturated heterocycles. The second kappa shape index (κ2) is 3.30. The molecule has 0 aliphatic heterocycles. The average Bonchev–Trinajstić information content (AvgIpc) is 3.00. The van der Waals surface area contributed by atoms with Gasteiger partial charge in [0.25, 0.3) is 0 Å². The van der Waals surface area contributed by atoms with E-state index in [1.807, 2.05) is 12.1 Å². The van der Waals surface area contributed by atoms with Crippen molar-refractivity contribution in [2.75, 3.05) is 0 Å². The summed E-state index contributed by atoms with van der Waals surface area (Å²) in [6.07, 6.45) is 2.72. The van der Waals surface area contributed by atoms with Gasteiger partial charge in [-0.3, -0.25) is 4.79 Å². The monoisotopic (exact) mass is 176 g/mol. The van der Waals surface area contributed by atoms with Crippen molar-refractivity contribution in [3.63, 3.8) is 0 Å². The van der Waals surface area contributed by atoms with Gasteiger partial charge in [0.2, 0.25) is 0 Å². The molecule has 0 bridgehead atoms. The molecule has 0 heterocycles. The zero-order valence-electron chi connectivity index (χ0n) is 7.31. The lowest BCUT2D eigenvalue weighted by molar-refractivity contribution is 0.112. The molecule has 1 saturated carbocycles. The van der Waals surface area contributed by atoms with E-state index in [9.17, 15) is 9.90 Å². The van der Waals surface area contributed by atoms with Crippen LogP contribution in [-0.2, 0) is 0 Å². The number of carbonyl (C=O) groups is 1. The summed E-state index contributed by atoms with van der Waals surface area (Å²) < 4.78 is 0. The summed E-state index contributed by atoms with van der Waals surface area (Å²) in [6, 6.07) is 7.14. The molecule has 1 fully saturated rings. The van der Waals surface area contributed by atoms with Gasteiger partial charge in [0.15, 0.2) is 0 Å². The molecule has 0 radical (unpaired) electrons. The van der Waals surface area contributed by atoms with Crippen LogP contribution >= 0.6 is 0 Å². The lowest BCUT2D eigenvalue weighted by Gasteiger charge is -2.08. The van der Waals surface area contributed by atoms with Gasteiger partial charge in [0, 0.05) is 5.56 Å². The van der Waals surface area contributed by atoms with E-state index in [0.717, 1.165) is 24.7 Å². The molecule has 0 aromatic heterocycles. The lowest BCUT2D eigenvalue weighted by atomic mass is 10.0. The highest BCUT2D eigenvalue weighted by molar-refractivity contribution is 5.74. The van der Waals surface area contributed by atoms with Crippen LogP contribution in [-0.4, -0.2) is 11.4 Å². The maximum absolute atomic E-state index is 10.4. The topological polar surface area (TPSA) is 37.3 Å². The maximum Gasteiger partial charge on any atom is 0.150 e. The fourth-order valence-corrected chi connectivity index (χ4v) is 1.46. The Bertz CT molecular complexity index is 298. The van der Waals surface area contributed by atoms with Crippen LogP contribution in [0.3, 0.4) is 0 Å². The minimum absolute atomic E-state index is 0.333. The molecule has 1 unspecified atom stereocenters. The minimum atomic E-state index is -0.333. The summed E-state index contributed by atoms with van der Waals surface area (Å²) in [5, 5.41) is 9.74. The third-order valence-corrected chi connectivity index (χ3v) is 2.48. The van der Waals surface area contributed by atoms with Crippen molar-refractivity contribution < 1.29 is 9.90 Å². The molecule has 68 valence electrons. The maximum atomic E-state index is 10.4. The molecule has 13 heavy (non-hydrogen) atoms. The molecule has 1 aliphatic rings. The van der Waals surface area contributed by atoms with Crippen molar-refractivity contribution in [3.05, 3.63) is 35.4 Å². The number of aliphatic hydroxyl groups is 1. The van der Waals surface area contributed by atoms with Crippen molar-refractivity contribution in [3.8, 4) is 0 Å². The Hall–Kier alpha value is -1.15. The largest absolute Gasteiger partial charge is 0.388 e. The summed E-state index contributed by atoms with van der Waals surface area (Å²) in [7, 11) is 0. The van der Waals surface area contributed by atoms with Gasteiger partial charge in [-0.25, -0.2) is 0 Å². The molecule has 2 rings (SSSR count). The SMILES string of the molecule is O=Cc1ccc(C(O)C2CC2)cc1. The Labute approximate surface area is 77.2 Å². The molecule has 1 atom stereocenters. The molecule has 0 amide bonds. The highest BCUT2D eigenvalue weighted by atomic mass is 16.3. The van der Waals surface area contributed by atoms with Crippen molar-refractivity contribution in [1.82, 2.24) is 0 Å². The highest BCUT2D eigenvalue weighted by Gasteiger charge is 2.30.